The topological polar surface area (TPSA) is 66.8 Å². The van der Waals surface area contributed by atoms with Gasteiger partial charge in [0, 0.05) is 11.5 Å². The predicted molar refractivity (Wildman–Crippen MR) is 62.4 cm³/mol. The van der Waals surface area contributed by atoms with E-state index >= 15 is 0 Å². The average molecular weight is 244 g/mol. The number of hydrogen-bond acceptors (Lipinski definition) is 4. The number of carboxylic acids is 1. The summed E-state index contributed by atoms with van der Waals surface area (Å²) in [7, 11) is 0. The van der Waals surface area contributed by atoms with Crippen molar-refractivity contribution in [2.75, 3.05) is 13.2 Å². The Kier molecular flexibility index (Phi) is 5.28. The Morgan fingerprint density at radius 2 is 2.19 bits per heavy atom. The van der Waals surface area contributed by atoms with Crippen LogP contribution in [0.3, 0.4) is 0 Å². The molecule has 0 bridgehead atoms. The Morgan fingerprint density at radius 3 is 2.81 bits per heavy atom. The molecule has 4 nitrogen and oxygen atoms in total. The molecule has 0 saturated carbocycles. The van der Waals surface area contributed by atoms with Gasteiger partial charge in [-0.1, -0.05) is 0 Å². The second-order valence-corrected chi connectivity index (χ2v) is 4.74. The number of thiophene rings is 1. The first kappa shape index (κ1) is 13.0. The molecule has 0 amide bonds. The van der Waals surface area contributed by atoms with E-state index in [0.29, 0.717) is 12.4 Å². The molecule has 0 aliphatic carbocycles. The van der Waals surface area contributed by atoms with Crippen LogP contribution in [0.4, 0.5) is 0 Å². The van der Waals surface area contributed by atoms with Crippen LogP contribution >= 0.6 is 11.3 Å². The van der Waals surface area contributed by atoms with Crippen molar-refractivity contribution in [2.45, 2.75) is 26.2 Å². The summed E-state index contributed by atoms with van der Waals surface area (Å²) in [6.07, 6.45) is 2.48. The zero-order chi connectivity index (χ0) is 12.0. The fourth-order valence-corrected chi connectivity index (χ4v) is 2.11. The van der Waals surface area contributed by atoms with E-state index in [9.17, 15) is 4.79 Å². The Hall–Kier alpha value is -1.07. The summed E-state index contributed by atoms with van der Waals surface area (Å²) >= 11 is 1.23. The highest BCUT2D eigenvalue weighted by Crippen LogP contribution is 2.28. The fraction of sp³-hybridized carbons (Fsp3) is 0.545. The zero-order valence-electron chi connectivity index (χ0n) is 9.23. The number of carbonyl (C=O) groups is 1. The molecule has 1 heterocycles. The molecule has 0 fully saturated rings. The van der Waals surface area contributed by atoms with Crippen LogP contribution in [0.1, 0.15) is 33.8 Å². The normalized spacial score (nSPS) is 10.4. The molecular formula is C11H16O4S. The highest BCUT2D eigenvalue weighted by Gasteiger charge is 2.14. The minimum Gasteiger partial charge on any atom is -0.492 e. The third kappa shape index (κ3) is 3.83. The molecule has 0 spiro atoms. The molecule has 1 aromatic rings. The standard InChI is InChI=1S/C11H16O4S/c1-8-7-9(10(16-8)11(13)14)15-6-4-2-3-5-12/h7,12H,2-6H2,1H3,(H,13,14). The number of carboxylic acid groups (broad SMARTS) is 1. The van der Waals surface area contributed by atoms with Crippen molar-refractivity contribution in [2.24, 2.45) is 0 Å². The summed E-state index contributed by atoms with van der Waals surface area (Å²) < 4.78 is 5.41. The van der Waals surface area contributed by atoms with Crippen LogP contribution in [0.25, 0.3) is 0 Å². The maximum absolute atomic E-state index is 10.9. The van der Waals surface area contributed by atoms with Crippen LogP contribution in [0.5, 0.6) is 5.75 Å². The van der Waals surface area contributed by atoms with Gasteiger partial charge in [-0.15, -0.1) is 11.3 Å². The highest BCUT2D eigenvalue weighted by molar-refractivity contribution is 7.14. The Balaban J connectivity index is 2.44. The number of rotatable bonds is 7. The maximum Gasteiger partial charge on any atom is 0.349 e. The maximum atomic E-state index is 10.9. The van der Waals surface area contributed by atoms with Crippen molar-refractivity contribution in [3.8, 4) is 5.75 Å². The monoisotopic (exact) mass is 244 g/mol. The lowest BCUT2D eigenvalue weighted by molar-refractivity contribution is 0.0698. The highest BCUT2D eigenvalue weighted by atomic mass is 32.1. The molecule has 1 rings (SSSR count). The van der Waals surface area contributed by atoms with Crippen LogP contribution in [0, 0.1) is 6.92 Å². The van der Waals surface area contributed by atoms with Gasteiger partial charge in [0.1, 0.15) is 5.75 Å². The number of hydrogen-bond donors (Lipinski definition) is 2. The van der Waals surface area contributed by atoms with Gasteiger partial charge in [0.15, 0.2) is 4.88 Å². The first-order valence-electron chi connectivity index (χ1n) is 5.22. The molecule has 90 valence electrons. The van der Waals surface area contributed by atoms with Gasteiger partial charge in [0.05, 0.1) is 6.61 Å². The van der Waals surface area contributed by atoms with Crippen LogP contribution in [-0.2, 0) is 0 Å². The van der Waals surface area contributed by atoms with Crippen molar-refractivity contribution in [3.05, 3.63) is 15.8 Å². The minimum absolute atomic E-state index is 0.192. The lowest BCUT2D eigenvalue weighted by atomic mass is 10.2. The number of ether oxygens (including phenoxy) is 1. The third-order valence-corrected chi connectivity index (χ3v) is 3.10. The molecule has 1 aromatic heterocycles. The van der Waals surface area contributed by atoms with E-state index in [0.717, 1.165) is 24.1 Å². The van der Waals surface area contributed by atoms with Crippen LogP contribution < -0.4 is 4.74 Å². The summed E-state index contributed by atoms with van der Waals surface area (Å²) in [6, 6.07) is 1.75. The summed E-state index contributed by atoms with van der Waals surface area (Å²) in [6.45, 7) is 2.55. The van der Waals surface area contributed by atoms with E-state index in [2.05, 4.69) is 0 Å². The van der Waals surface area contributed by atoms with Gasteiger partial charge in [0.25, 0.3) is 0 Å². The second-order valence-electron chi connectivity index (χ2n) is 3.49. The number of aryl methyl sites for hydroxylation is 1. The van der Waals surface area contributed by atoms with Gasteiger partial charge < -0.3 is 14.9 Å². The second kappa shape index (κ2) is 6.50. The van der Waals surface area contributed by atoms with E-state index in [1.54, 1.807) is 6.07 Å². The van der Waals surface area contributed by atoms with Gasteiger partial charge in [-0.2, -0.15) is 0 Å². The summed E-state index contributed by atoms with van der Waals surface area (Å²) in [4.78, 5) is 12.1. The molecule has 0 aromatic carbocycles. The van der Waals surface area contributed by atoms with E-state index in [1.165, 1.54) is 11.3 Å². The molecule has 16 heavy (non-hydrogen) atoms. The van der Waals surface area contributed by atoms with Crippen LogP contribution in [0.2, 0.25) is 0 Å². The summed E-state index contributed by atoms with van der Waals surface area (Å²) in [5, 5.41) is 17.5. The SMILES string of the molecule is Cc1cc(OCCCCCO)c(C(=O)O)s1. The lowest BCUT2D eigenvalue weighted by Gasteiger charge is -2.04. The lowest BCUT2D eigenvalue weighted by Crippen LogP contribution is -2.01. The van der Waals surface area contributed by atoms with Gasteiger partial charge in [-0.05, 0) is 32.3 Å². The Morgan fingerprint density at radius 1 is 1.44 bits per heavy atom. The van der Waals surface area contributed by atoms with E-state index in [-0.39, 0.29) is 11.5 Å². The van der Waals surface area contributed by atoms with Gasteiger partial charge >= 0.3 is 5.97 Å². The number of aliphatic hydroxyl groups excluding tert-OH is 1. The predicted octanol–water partition coefficient (Wildman–Crippen LogP) is 2.30. The van der Waals surface area contributed by atoms with Crippen LogP contribution in [-0.4, -0.2) is 29.4 Å². The number of aliphatic hydroxyl groups is 1. The average Bonchev–Trinajstić information content (AvgIpc) is 2.59. The van der Waals surface area contributed by atoms with E-state index < -0.39 is 5.97 Å². The Bertz CT molecular complexity index is 346. The third-order valence-electron chi connectivity index (χ3n) is 2.08. The fourth-order valence-electron chi connectivity index (χ4n) is 1.32. The molecule has 0 aliphatic rings. The van der Waals surface area contributed by atoms with E-state index in [4.69, 9.17) is 14.9 Å². The quantitative estimate of drug-likeness (QED) is 0.722. The zero-order valence-corrected chi connectivity index (χ0v) is 10.0. The molecular weight excluding hydrogens is 228 g/mol. The van der Waals surface area contributed by atoms with Crippen molar-refractivity contribution in [1.82, 2.24) is 0 Å². The summed E-state index contributed by atoms with van der Waals surface area (Å²) in [5.74, 6) is -0.484. The number of unbranched alkanes of at least 4 members (excludes halogenated alkanes) is 2. The molecule has 0 radical (unpaired) electrons. The van der Waals surface area contributed by atoms with Gasteiger partial charge in [-0.3, -0.25) is 0 Å². The smallest absolute Gasteiger partial charge is 0.349 e. The van der Waals surface area contributed by atoms with Crippen molar-refractivity contribution in [3.63, 3.8) is 0 Å². The van der Waals surface area contributed by atoms with Gasteiger partial charge in [-0.25, -0.2) is 4.79 Å². The summed E-state index contributed by atoms with van der Waals surface area (Å²) in [5.41, 5.74) is 0. The van der Waals surface area contributed by atoms with Crippen molar-refractivity contribution < 1.29 is 19.7 Å². The minimum atomic E-state index is -0.941. The first-order chi connectivity index (χ1) is 7.65. The first-order valence-corrected chi connectivity index (χ1v) is 6.04. The molecule has 0 saturated heterocycles. The van der Waals surface area contributed by atoms with Crippen molar-refractivity contribution >= 4 is 17.3 Å². The molecule has 0 unspecified atom stereocenters. The number of aromatic carboxylic acids is 1. The Labute approximate surface area is 98.5 Å². The molecule has 2 N–H and O–H groups in total. The largest absolute Gasteiger partial charge is 0.492 e. The van der Waals surface area contributed by atoms with E-state index in [1.807, 2.05) is 6.92 Å². The molecule has 5 heteroatoms. The van der Waals surface area contributed by atoms with Crippen molar-refractivity contribution in [1.29, 1.82) is 0 Å². The molecule has 0 atom stereocenters. The van der Waals surface area contributed by atoms with Gasteiger partial charge in [0.2, 0.25) is 0 Å². The molecule has 0 aliphatic heterocycles. The van der Waals surface area contributed by atoms with Crippen LogP contribution in [0.15, 0.2) is 6.07 Å².